The molecule has 1 saturated heterocycles. The van der Waals surface area contributed by atoms with Gasteiger partial charge in [0.15, 0.2) is 0 Å². The number of aliphatic hydroxyl groups is 1. The molecule has 0 amide bonds. The first kappa shape index (κ1) is 9.50. The fourth-order valence-corrected chi connectivity index (χ4v) is 1.71. The van der Waals surface area contributed by atoms with Crippen molar-refractivity contribution in [2.24, 2.45) is 5.41 Å². The minimum atomic E-state index is -0.424. The molecule has 0 aliphatic carbocycles. The van der Waals surface area contributed by atoms with Crippen LogP contribution in [0.25, 0.3) is 0 Å². The lowest BCUT2D eigenvalue weighted by molar-refractivity contribution is -0.00186. The number of ether oxygens (including phenoxy) is 1. The van der Waals surface area contributed by atoms with Crippen LogP contribution in [0.4, 0.5) is 0 Å². The van der Waals surface area contributed by atoms with Gasteiger partial charge in [-0.05, 0) is 26.2 Å². The lowest BCUT2D eigenvalue weighted by atomic mass is 9.79. The third-order valence-electron chi connectivity index (χ3n) is 2.25. The molecule has 1 aliphatic rings. The van der Waals surface area contributed by atoms with E-state index in [1.165, 1.54) is 0 Å². The van der Waals surface area contributed by atoms with E-state index in [1.807, 2.05) is 0 Å². The predicted molar refractivity (Wildman–Crippen MR) is 44.4 cm³/mol. The summed E-state index contributed by atoms with van der Waals surface area (Å²) in [5.41, 5.74) is -0.424. The third kappa shape index (κ3) is 2.20. The van der Waals surface area contributed by atoms with Crippen LogP contribution >= 0.6 is 0 Å². The van der Waals surface area contributed by atoms with Gasteiger partial charge in [-0.15, -0.1) is 0 Å². The quantitative estimate of drug-likeness (QED) is 0.673. The van der Waals surface area contributed by atoms with E-state index in [0.29, 0.717) is 13.0 Å². The SMILES string of the molecule is CC(O)CC1(C#N)CCCOC1. The van der Waals surface area contributed by atoms with Gasteiger partial charge in [0, 0.05) is 6.61 Å². The Morgan fingerprint density at radius 3 is 2.92 bits per heavy atom. The maximum Gasteiger partial charge on any atom is 0.0832 e. The van der Waals surface area contributed by atoms with Crippen LogP contribution in [-0.2, 0) is 4.74 Å². The number of hydrogen-bond donors (Lipinski definition) is 1. The van der Waals surface area contributed by atoms with Crippen molar-refractivity contribution in [1.82, 2.24) is 0 Å². The molecule has 0 radical (unpaired) electrons. The van der Waals surface area contributed by atoms with Crippen molar-refractivity contribution in [3.63, 3.8) is 0 Å². The summed E-state index contributed by atoms with van der Waals surface area (Å²) in [7, 11) is 0. The number of aliphatic hydroxyl groups excluding tert-OH is 1. The van der Waals surface area contributed by atoms with Gasteiger partial charge in [-0.2, -0.15) is 5.26 Å². The third-order valence-corrected chi connectivity index (χ3v) is 2.25. The van der Waals surface area contributed by atoms with Gasteiger partial charge in [0.25, 0.3) is 0 Å². The first-order valence-electron chi connectivity index (χ1n) is 4.36. The van der Waals surface area contributed by atoms with Crippen molar-refractivity contribution in [1.29, 1.82) is 5.26 Å². The molecule has 1 aliphatic heterocycles. The zero-order valence-electron chi connectivity index (χ0n) is 7.42. The highest BCUT2D eigenvalue weighted by Crippen LogP contribution is 2.32. The number of rotatable bonds is 2. The standard InChI is InChI=1S/C9H15NO2/c1-8(11)5-9(6-10)3-2-4-12-7-9/h8,11H,2-5,7H2,1H3. The summed E-state index contributed by atoms with van der Waals surface area (Å²) in [6.07, 6.45) is 1.91. The van der Waals surface area contributed by atoms with Gasteiger partial charge in [-0.3, -0.25) is 0 Å². The highest BCUT2D eigenvalue weighted by molar-refractivity contribution is 5.01. The molecule has 3 heteroatoms. The first-order valence-corrected chi connectivity index (χ1v) is 4.36. The molecule has 68 valence electrons. The van der Waals surface area contributed by atoms with Crippen molar-refractivity contribution in [3.05, 3.63) is 0 Å². The van der Waals surface area contributed by atoms with Crippen LogP contribution in [0.1, 0.15) is 26.2 Å². The smallest absolute Gasteiger partial charge is 0.0832 e. The van der Waals surface area contributed by atoms with E-state index in [1.54, 1.807) is 6.92 Å². The van der Waals surface area contributed by atoms with Crippen LogP contribution in [0, 0.1) is 16.7 Å². The zero-order valence-corrected chi connectivity index (χ0v) is 7.42. The number of hydrogen-bond acceptors (Lipinski definition) is 3. The molecule has 0 aromatic rings. The molecule has 0 bridgehead atoms. The van der Waals surface area contributed by atoms with Gasteiger partial charge >= 0.3 is 0 Å². The highest BCUT2D eigenvalue weighted by atomic mass is 16.5. The summed E-state index contributed by atoms with van der Waals surface area (Å²) >= 11 is 0. The summed E-state index contributed by atoms with van der Waals surface area (Å²) in [6, 6.07) is 2.26. The first-order chi connectivity index (χ1) is 5.68. The maximum atomic E-state index is 9.19. The zero-order chi connectivity index (χ0) is 9.03. The number of nitriles is 1. The Kier molecular flexibility index (Phi) is 3.07. The van der Waals surface area contributed by atoms with E-state index >= 15 is 0 Å². The van der Waals surface area contributed by atoms with Crippen molar-refractivity contribution < 1.29 is 9.84 Å². The molecule has 1 rings (SSSR count). The van der Waals surface area contributed by atoms with Gasteiger partial charge in [0.1, 0.15) is 0 Å². The Morgan fingerprint density at radius 2 is 2.50 bits per heavy atom. The largest absolute Gasteiger partial charge is 0.393 e. The van der Waals surface area contributed by atoms with Crippen LogP contribution in [0.15, 0.2) is 0 Å². The summed E-state index contributed by atoms with van der Waals surface area (Å²) in [4.78, 5) is 0. The predicted octanol–water partition coefficient (Wildman–Crippen LogP) is 1.08. The van der Waals surface area contributed by atoms with E-state index in [9.17, 15) is 5.11 Å². The second kappa shape index (κ2) is 3.88. The van der Waals surface area contributed by atoms with Crippen LogP contribution in [0.2, 0.25) is 0 Å². The fourth-order valence-electron chi connectivity index (χ4n) is 1.71. The Hall–Kier alpha value is -0.590. The molecular weight excluding hydrogens is 154 g/mol. The molecule has 1 N–H and O–H groups in total. The Balaban J connectivity index is 2.55. The summed E-state index contributed by atoms with van der Waals surface area (Å²) in [5.74, 6) is 0. The normalized spacial score (nSPS) is 32.4. The lowest BCUT2D eigenvalue weighted by Gasteiger charge is -2.31. The van der Waals surface area contributed by atoms with E-state index < -0.39 is 11.5 Å². The van der Waals surface area contributed by atoms with Crippen LogP contribution < -0.4 is 0 Å². The molecule has 0 spiro atoms. The van der Waals surface area contributed by atoms with E-state index in [-0.39, 0.29) is 0 Å². The Labute approximate surface area is 73.0 Å². The molecule has 3 nitrogen and oxygen atoms in total. The Bertz CT molecular complexity index is 177. The van der Waals surface area contributed by atoms with Crippen LogP contribution in [-0.4, -0.2) is 24.4 Å². The lowest BCUT2D eigenvalue weighted by Crippen LogP contribution is -2.33. The van der Waals surface area contributed by atoms with E-state index in [0.717, 1.165) is 19.4 Å². The molecule has 0 saturated carbocycles. The second-order valence-electron chi connectivity index (χ2n) is 3.60. The van der Waals surface area contributed by atoms with E-state index in [2.05, 4.69) is 6.07 Å². The summed E-state index contributed by atoms with van der Waals surface area (Å²) in [5, 5.41) is 18.1. The molecule has 0 aromatic carbocycles. The highest BCUT2D eigenvalue weighted by Gasteiger charge is 2.33. The van der Waals surface area contributed by atoms with Crippen molar-refractivity contribution in [3.8, 4) is 6.07 Å². The van der Waals surface area contributed by atoms with Crippen molar-refractivity contribution in [2.45, 2.75) is 32.3 Å². The fraction of sp³-hybridized carbons (Fsp3) is 0.889. The van der Waals surface area contributed by atoms with Gasteiger partial charge in [-0.25, -0.2) is 0 Å². The second-order valence-corrected chi connectivity index (χ2v) is 3.60. The summed E-state index contributed by atoms with van der Waals surface area (Å²) in [6.45, 7) is 2.95. The van der Waals surface area contributed by atoms with Gasteiger partial charge < -0.3 is 9.84 Å². The summed E-state index contributed by atoms with van der Waals surface area (Å²) < 4.78 is 5.24. The molecule has 1 heterocycles. The molecule has 0 aromatic heterocycles. The molecular formula is C9H15NO2. The van der Waals surface area contributed by atoms with Crippen molar-refractivity contribution >= 4 is 0 Å². The van der Waals surface area contributed by atoms with E-state index in [4.69, 9.17) is 10.00 Å². The van der Waals surface area contributed by atoms with Crippen LogP contribution in [0.5, 0.6) is 0 Å². The molecule has 2 unspecified atom stereocenters. The van der Waals surface area contributed by atoms with Crippen LogP contribution in [0.3, 0.4) is 0 Å². The Morgan fingerprint density at radius 1 is 1.75 bits per heavy atom. The number of nitrogens with zero attached hydrogens (tertiary/aromatic N) is 1. The van der Waals surface area contributed by atoms with Gasteiger partial charge in [-0.1, -0.05) is 0 Å². The van der Waals surface area contributed by atoms with Gasteiger partial charge in [0.2, 0.25) is 0 Å². The van der Waals surface area contributed by atoms with Gasteiger partial charge in [0.05, 0.1) is 24.2 Å². The van der Waals surface area contributed by atoms with Crippen molar-refractivity contribution in [2.75, 3.05) is 13.2 Å². The molecule has 2 atom stereocenters. The average molecular weight is 169 g/mol. The average Bonchev–Trinajstić information content (AvgIpc) is 2.05. The minimum absolute atomic E-state index is 0.411. The monoisotopic (exact) mass is 169 g/mol. The molecule has 12 heavy (non-hydrogen) atoms. The minimum Gasteiger partial charge on any atom is -0.393 e. The maximum absolute atomic E-state index is 9.19. The molecule has 1 fully saturated rings. The topological polar surface area (TPSA) is 53.2 Å².